The number of phenolic OH excluding ortho intramolecular Hbond substituents is 1. The zero-order valence-corrected chi connectivity index (χ0v) is 16.6. The Morgan fingerprint density at radius 3 is 2.61 bits per heavy atom. The molecule has 1 aliphatic rings. The molecule has 1 aromatic heterocycles. The van der Waals surface area contributed by atoms with Gasteiger partial charge in [0.15, 0.2) is 0 Å². The van der Waals surface area contributed by atoms with Crippen LogP contribution >= 0.6 is 11.6 Å². The molecule has 0 radical (unpaired) electrons. The lowest BCUT2D eigenvalue weighted by atomic mass is 9.95. The number of amides is 1. The molecule has 6 heteroatoms. The van der Waals surface area contributed by atoms with E-state index in [2.05, 4.69) is 48.3 Å². The van der Waals surface area contributed by atoms with Crippen LogP contribution < -0.4 is 0 Å². The first-order chi connectivity index (χ1) is 13.5. The number of halogens is 1. The molecule has 4 rings (SSSR count). The van der Waals surface area contributed by atoms with Gasteiger partial charge < -0.3 is 10.0 Å². The quantitative estimate of drug-likeness (QED) is 0.641. The monoisotopic (exact) mass is 395 g/mol. The van der Waals surface area contributed by atoms with Crippen LogP contribution in [0.15, 0.2) is 42.5 Å². The summed E-state index contributed by atoms with van der Waals surface area (Å²) in [6.45, 7) is 4.81. The third-order valence-electron chi connectivity index (χ3n) is 5.25. The first-order valence-corrected chi connectivity index (χ1v) is 9.89. The second-order valence-corrected chi connectivity index (χ2v) is 7.46. The largest absolute Gasteiger partial charge is 0.507 e. The van der Waals surface area contributed by atoms with E-state index in [-0.39, 0.29) is 17.7 Å². The van der Waals surface area contributed by atoms with Gasteiger partial charge in [-0.05, 0) is 42.2 Å². The first-order valence-electron chi connectivity index (χ1n) is 9.52. The maximum atomic E-state index is 13.1. The van der Waals surface area contributed by atoms with Crippen LogP contribution in [0.5, 0.6) is 5.75 Å². The van der Waals surface area contributed by atoms with E-state index in [0.717, 1.165) is 24.0 Å². The second-order valence-electron chi connectivity index (χ2n) is 7.02. The molecule has 0 spiro atoms. The molecule has 1 aliphatic heterocycles. The summed E-state index contributed by atoms with van der Waals surface area (Å²) in [5.41, 5.74) is 4.63. The number of aryl methyl sites for hydroxylation is 1. The number of hydrogen-bond acceptors (Lipinski definition) is 3. The SMILES string of the molecule is CCCN1C(=O)c2[nH]nc(-c3cc(Cl)ccc3O)c2C1c1ccc(CC)cc1. The number of aromatic amines is 1. The Hall–Kier alpha value is -2.79. The molecule has 0 saturated heterocycles. The number of nitrogens with zero attached hydrogens (tertiary/aromatic N) is 2. The lowest BCUT2D eigenvalue weighted by molar-refractivity contribution is 0.0744. The molecular weight excluding hydrogens is 374 g/mol. The molecule has 0 saturated carbocycles. The van der Waals surface area contributed by atoms with E-state index in [0.29, 0.717) is 28.5 Å². The third kappa shape index (κ3) is 2.96. The van der Waals surface area contributed by atoms with Crippen molar-refractivity contribution in [3.8, 4) is 17.0 Å². The molecule has 1 amide bonds. The third-order valence-corrected chi connectivity index (χ3v) is 5.48. The molecule has 2 aromatic carbocycles. The van der Waals surface area contributed by atoms with Crippen molar-refractivity contribution < 1.29 is 9.90 Å². The van der Waals surface area contributed by atoms with E-state index in [1.165, 1.54) is 5.56 Å². The van der Waals surface area contributed by atoms with Gasteiger partial charge in [-0.25, -0.2) is 0 Å². The van der Waals surface area contributed by atoms with Crippen molar-refractivity contribution in [3.05, 3.63) is 69.9 Å². The molecule has 0 bridgehead atoms. The van der Waals surface area contributed by atoms with Gasteiger partial charge in [0, 0.05) is 22.7 Å². The molecule has 28 heavy (non-hydrogen) atoms. The van der Waals surface area contributed by atoms with Crippen LogP contribution in [-0.4, -0.2) is 32.7 Å². The number of carbonyl (C=O) groups excluding carboxylic acids is 1. The molecule has 0 fully saturated rings. The summed E-state index contributed by atoms with van der Waals surface area (Å²) in [6, 6.07) is 12.9. The highest BCUT2D eigenvalue weighted by molar-refractivity contribution is 6.31. The lowest BCUT2D eigenvalue weighted by Gasteiger charge is -2.26. The predicted octanol–water partition coefficient (Wildman–Crippen LogP) is 4.95. The number of fused-ring (bicyclic) bond motifs is 1. The normalized spacial score (nSPS) is 15.9. The Bertz CT molecular complexity index is 1030. The van der Waals surface area contributed by atoms with Crippen molar-refractivity contribution in [2.24, 2.45) is 0 Å². The fourth-order valence-electron chi connectivity index (χ4n) is 3.85. The fourth-order valence-corrected chi connectivity index (χ4v) is 4.03. The Morgan fingerprint density at radius 1 is 1.18 bits per heavy atom. The zero-order valence-electron chi connectivity index (χ0n) is 15.9. The van der Waals surface area contributed by atoms with E-state index in [9.17, 15) is 9.90 Å². The summed E-state index contributed by atoms with van der Waals surface area (Å²) in [5.74, 6) is 0.0156. The molecule has 144 valence electrons. The average Bonchev–Trinajstić information content (AvgIpc) is 3.24. The number of H-pyrrole nitrogens is 1. The van der Waals surface area contributed by atoms with Gasteiger partial charge in [-0.15, -0.1) is 0 Å². The standard InChI is InChI=1S/C22H22ClN3O2/c1-3-11-26-21(14-7-5-13(4-2)6-8-14)18-19(24-25-20(18)22(26)28)16-12-15(23)9-10-17(16)27/h5-10,12,21,27H,3-4,11H2,1-2H3,(H,24,25). The number of hydrogen-bond donors (Lipinski definition) is 2. The minimum absolute atomic E-state index is 0.0679. The second kappa shape index (κ2) is 7.32. The van der Waals surface area contributed by atoms with Gasteiger partial charge in [-0.3, -0.25) is 9.89 Å². The molecular formula is C22H22ClN3O2. The van der Waals surface area contributed by atoms with Crippen LogP contribution in [0.25, 0.3) is 11.3 Å². The fraction of sp³-hybridized carbons (Fsp3) is 0.273. The smallest absolute Gasteiger partial charge is 0.273 e. The molecule has 1 unspecified atom stereocenters. The minimum atomic E-state index is -0.250. The minimum Gasteiger partial charge on any atom is -0.507 e. The van der Waals surface area contributed by atoms with Crippen LogP contribution in [0.3, 0.4) is 0 Å². The van der Waals surface area contributed by atoms with Crippen molar-refractivity contribution in [1.82, 2.24) is 15.1 Å². The van der Waals surface area contributed by atoms with Crippen LogP contribution in [-0.2, 0) is 6.42 Å². The van der Waals surface area contributed by atoms with Crippen molar-refractivity contribution in [2.45, 2.75) is 32.7 Å². The van der Waals surface area contributed by atoms with Crippen LogP contribution in [0.4, 0.5) is 0 Å². The summed E-state index contributed by atoms with van der Waals surface area (Å²) >= 11 is 6.15. The van der Waals surface area contributed by atoms with E-state index < -0.39 is 0 Å². The maximum Gasteiger partial charge on any atom is 0.273 e. The predicted molar refractivity (Wildman–Crippen MR) is 110 cm³/mol. The number of rotatable bonds is 5. The summed E-state index contributed by atoms with van der Waals surface area (Å²) in [7, 11) is 0. The number of phenols is 1. The number of aromatic nitrogens is 2. The van der Waals surface area contributed by atoms with Crippen molar-refractivity contribution >= 4 is 17.5 Å². The Kier molecular flexibility index (Phi) is 4.85. The van der Waals surface area contributed by atoms with Gasteiger partial charge in [-0.1, -0.05) is 49.7 Å². The average molecular weight is 396 g/mol. The van der Waals surface area contributed by atoms with E-state index in [1.807, 2.05) is 4.90 Å². The first kappa shape index (κ1) is 18.6. The summed E-state index contributed by atoms with van der Waals surface area (Å²) < 4.78 is 0. The lowest BCUT2D eigenvalue weighted by Crippen LogP contribution is -2.30. The highest BCUT2D eigenvalue weighted by atomic mass is 35.5. The molecule has 1 atom stereocenters. The molecule has 5 nitrogen and oxygen atoms in total. The van der Waals surface area contributed by atoms with Gasteiger partial charge in [0.05, 0.1) is 6.04 Å². The highest BCUT2D eigenvalue weighted by Crippen LogP contribution is 2.44. The van der Waals surface area contributed by atoms with Gasteiger partial charge in [-0.2, -0.15) is 5.10 Å². The topological polar surface area (TPSA) is 69.2 Å². The van der Waals surface area contributed by atoms with Crippen molar-refractivity contribution in [1.29, 1.82) is 0 Å². The number of benzene rings is 2. The van der Waals surface area contributed by atoms with Gasteiger partial charge in [0.1, 0.15) is 17.1 Å². The number of nitrogens with one attached hydrogen (secondary N) is 1. The van der Waals surface area contributed by atoms with Crippen LogP contribution in [0.2, 0.25) is 5.02 Å². The number of carbonyl (C=O) groups is 1. The highest BCUT2D eigenvalue weighted by Gasteiger charge is 2.42. The van der Waals surface area contributed by atoms with E-state index in [4.69, 9.17) is 11.6 Å². The Morgan fingerprint density at radius 2 is 1.93 bits per heavy atom. The molecule has 3 aromatic rings. The van der Waals surface area contributed by atoms with Gasteiger partial charge >= 0.3 is 0 Å². The molecule has 2 heterocycles. The van der Waals surface area contributed by atoms with Crippen molar-refractivity contribution in [3.63, 3.8) is 0 Å². The molecule has 0 aliphatic carbocycles. The van der Waals surface area contributed by atoms with Gasteiger partial charge in [0.25, 0.3) is 5.91 Å². The maximum absolute atomic E-state index is 13.1. The Labute approximate surface area is 169 Å². The van der Waals surface area contributed by atoms with Gasteiger partial charge in [0.2, 0.25) is 0 Å². The summed E-state index contributed by atoms with van der Waals surface area (Å²) in [4.78, 5) is 14.9. The van der Waals surface area contributed by atoms with E-state index >= 15 is 0 Å². The molecule has 2 N–H and O–H groups in total. The summed E-state index contributed by atoms with van der Waals surface area (Å²) in [5, 5.41) is 18.2. The number of aromatic hydroxyl groups is 1. The zero-order chi connectivity index (χ0) is 19.8. The van der Waals surface area contributed by atoms with Crippen LogP contribution in [0, 0.1) is 0 Å². The van der Waals surface area contributed by atoms with E-state index in [1.54, 1.807) is 18.2 Å². The Balaban J connectivity index is 1.90. The van der Waals surface area contributed by atoms with Crippen LogP contribution in [0.1, 0.15) is 53.5 Å². The summed E-state index contributed by atoms with van der Waals surface area (Å²) in [6.07, 6.45) is 1.81. The van der Waals surface area contributed by atoms with Crippen molar-refractivity contribution in [2.75, 3.05) is 6.54 Å².